The van der Waals surface area contributed by atoms with E-state index in [0.717, 1.165) is 30.7 Å². The van der Waals surface area contributed by atoms with E-state index in [9.17, 15) is 5.11 Å². The summed E-state index contributed by atoms with van der Waals surface area (Å²) < 4.78 is 0. The van der Waals surface area contributed by atoms with Crippen molar-refractivity contribution in [1.82, 2.24) is 9.80 Å². The smallest absolute Gasteiger partial charge is 0.0580 e. The van der Waals surface area contributed by atoms with Gasteiger partial charge in [-0.15, -0.1) is 0 Å². The van der Waals surface area contributed by atoms with E-state index >= 15 is 0 Å². The van der Waals surface area contributed by atoms with Crippen molar-refractivity contribution in [1.29, 1.82) is 0 Å². The molecule has 3 nitrogen and oxygen atoms in total. The van der Waals surface area contributed by atoms with E-state index in [1.165, 1.54) is 45.6 Å². The van der Waals surface area contributed by atoms with Crippen LogP contribution in [0.5, 0.6) is 0 Å². The summed E-state index contributed by atoms with van der Waals surface area (Å²) in [6.45, 7) is 16.4. The number of hydrogen-bond donors (Lipinski definition) is 1. The molecule has 1 N–H and O–H groups in total. The largest absolute Gasteiger partial charge is 0.393 e. The summed E-state index contributed by atoms with van der Waals surface area (Å²) in [6, 6.07) is 0. The van der Waals surface area contributed by atoms with Gasteiger partial charge < -0.3 is 14.9 Å². The number of nitrogens with zero attached hydrogens (tertiary/aromatic N) is 2. The summed E-state index contributed by atoms with van der Waals surface area (Å²) in [6.07, 6.45) is 3.40. The van der Waals surface area contributed by atoms with Gasteiger partial charge in [0.2, 0.25) is 0 Å². The van der Waals surface area contributed by atoms with E-state index in [1.807, 2.05) is 0 Å². The zero-order chi connectivity index (χ0) is 15.4. The minimum Gasteiger partial charge on any atom is -0.393 e. The van der Waals surface area contributed by atoms with Crippen LogP contribution in [-0.4, -0.2) is 60.3 Å². The van der Waals surface area contributed by atoms with Gasteiger partial charge in [0, 0.05) is 39.3 Å². The van der Waals surface area contributed by atoms with Gasteiger partial charge in [-0.3, -0.25) is 0 Å². The van der Waals surface area contributed by atoms with Gasteiger partial charge in [-0.05, 0) is 42.9 Å². The van der Waals surface area contributed by atoms with Gasteiger partial charge in [0.25, 0.3) is 0 Å². The maximum atomic E-state index is 10.3. The predicted molar refractivity (Wildman–Crippen MR) is 89.4 cm³/mol. The first kappa shape index (κ1) is 17.2. The van der Waals surface area contributed by atoms with E-state index < -0.39 is 0 Å². The number of aliphatic hydroxyl groups is 1. The quantitative estimate of drug-likeness (QED) is 0.845. The van der Waals surface area contributed by atoms with Crippen molar-refractivity contribution in [2.75, 3.05) is 39.3 Å². The SMILES string of the molecule is CC(C)CN1CCN(CC2CC(C(C)C)CCC2O)CC1. The van der Waals surface area contributed by atoms with Gasteiger partial charge in [-0.25, -0.2) is 0 Å². The molecule has 3 unspecified atom stereocenters. The number of aliphatic hydroxyl groups excluding tert-OH is 1. The Hall–Kier alpha value is -0.120. The molecule has 2 fully saturated rings. The van der Waals surface area contributed by atoms with Crippen LogP contribution in [0.3, 0.4) is 0 Å². The zero-order valence-corrected chi connectivity index (χ0v) is 14.6. The molecule has 0 spiro atoms. The van der Waals surface area contributed by atoms with Crippen LogP contribution in [-0.2, 0) is 0 Å². The molecule has 1 saturated carbocycles. The van der Waals surface area contributed by atoms with Crippen LogP contribution in [0.15, 0.2) is 0 Å². The van der Waals surface area contributed by atoms with Crippen molar-refractivity contribution >= 4 is 0 Å². The predicted octanol–water partition coefficient (Wildman–Crippen LogP) is 2.69. The molecular formula is C18H36N2O. The third-order valence-corrected chi connectivity index (χ3v) is 5.51. The van der Waals surface area contributed by atoms with Crippen LogP contribution in [0.4, 0.5) is 0 Å². The van der Waals surface area contributed by atoms with E-state index in [-0.39, 0.29) is 6.10 Å². The maximum Gasteiger partial charge on any atom is 0.0580 e. The Kier molecular flexibility index (Phi) is 6.51. The summed E-state index contributed by atoms with van der Waals surface area (Å²) in [5.74, 6) is 2.86. The van der Waals surface area contributed by atoms with Crippen molar-refractivity contribution in [2.45, 2.75) is 53.1 Å². The third kappa shape index (κ3) is 5.22. The molecule has 0 bridgehead atoms. The summed E-state index contributed by atoms with van der Waals surface area (Å²) in [4.78, 5) is 5.18. The van der Waals surface area contributed by atoms with Gasteiger partial charge >= 0.3 is 0 Å². The fraction of sp³-hybridized carbons (Fsp3) is 1.00. The highest BCUT2D eigenvalue weighted by Crippen LogP contribution is 2.34. The molecule has 1 saturated heterocycles. The number of rotatable bonds is 5. The molecule has 21 heavy (non-hydrogen) atoms. The Morgan fingerprint density at radius 1 is 0.952 bits per heavy atom. The lowest BCUT2D eigenvalue weighted by Gasteiger charge is -2.41. The van der Waals surface area contributed by atoms with Gasteiger partial charge in [-0.1, -0.05) is 27.7 Å². The Balaban J connectivity index is 1.76. The molecule has 0 amide bonds. The molecule has 124 valence electrons. The van der Waals surface area contributed by atoms with Gasteiger partial charge in [-0.2, -0.15) is 0 Å². The minimum atomic E-state index is -0.0614. The lowest BCUT2D eigenvalue weighted by atomic mass is 9.74. The van der Waals surface area contributed by atoms with E-state index in [1.54, 1.807) is 0 Å². The molecule has 0 radical (unpaired) electrons. The highest BCUT2D eigenvalue weighted by molar-refractivity contribution is 4.84. The van der Waals surface area contributed by atoms with Crippen molar-refractivity contribution < 1.29 is 5.11 Å². The van der Waals surface area contributed by atoms with Crippen LogP contribution in [0.1, 0.15) is 47.0 Å². The molecule has 2 rings (SSSR count). The van der Waals surface area contributed by atoms with Crippen molar-refractivity contribution in [2.24, 2.45) is 23.7 Å². The normalized spacial score (nSPS) is 33.0. The fourth-order valence-corrected chi connectivity index (χ4v) is 4.09. The summed E-state index contributed by atoms with van der Waals surface area (Å²) >= 11 is 0. The summed E-state index contributed by atoms with van der Waals surface area (Å²) in [5, 5.41) is 10.3. The maximum absolute atomic E-state index is 10.3. The summed E-state index contributed by atoms with van der Waals surface area (Å²) in [7, 11) is 0. The standard InChI is InChI=1S/C18H36N2O/c1-14(2)12-19-7-9-20(10-8-19)13-17-11-16(15(3)4)5-6-18(17)21/h14-18,21H,5-13H2,1-4H3. The number of hydrogen-bond acceptors (Lipinski definition) is 3. The molecule has 2 aliphatic rings. The summed E-state index contributed by atoms with van der Waals surface area (Å²) in [5.41, 5.74) is 0. The molecule has 3 atom stereocenters. The Morgan fingerprint density at radius 3 is 2.14 bits per heavy atom. The Morgan fingerprint density at radius 2 is 1.57 bits per heavy atom. The number of piperazine rings is 1. The highest BCUT2D eigenvalue weighted by Gasteiger charge is 2.32. The van der Waals surface area contributed by atoms with Crippen LogP contribution in [0, 0.1) is 23.7 Å². The van der Waals surface area contributed by atoms with E-state index in [0.29, 0.717) is 5.92 Å². The van der Waals surface area contributed by atoms with E-state index in [2.05, 4.69) is 37.5 Å². The van der Waals surface area contributed by atoms with Crippen LogP contribution >= 0.6 is 0 Å². The molecular weight excluding hydrogens is 260 g/mol. The van der Waals surface area contributed by atoms with Crippen molar-refractivity contribution in [3.05, 3.63) is 0 Å². The molecule has 0 aromatic rings. The van der Waals surface area contributed by atoms with Crippen molar-refractivity contribution in [3.8, 4) is 0 Å². The topological polar surface area (TPSA) is 26.7 Å². The lowest BCUT2D eigenvalue weighted by Crippen LogP contribution is -2.50. The average molecular weight is 296 g/mol. The second-order valence-corrected chi connectivity index (χ2v) is 8.14. The first-order valence-corrected chi connectivity index (χ1v) is 9.08. The third-order valence-electron chi connectivity index (χ3n) is 5.51. The second kappa shape index (κ2) is 7.94. The minimum absolute atomic E-state index is 0.0614. The molecule has 3 heteroatoms. The fourth-order valence-electron chi connectivity index (χ4n) is 4.09. The van der Waals surface area contributed by atoms with Crippen LogP contribution in [0.2, 0.25) is 0 Å². The molecule has 1 aliphatic heterocycles. The van der Waals surface area contributed by atoms with Crippen LogP contribution < -0.4 is 0 Å². The van der Waals surface area contributed by atoms with Crippen molar-refractivity contribution in [3.63, 3.8) is 0 Å². The average Bonchev–Trinajstić information content (AvgIpc) is 2.42. The highest BCUT2D eigenvalue weighted by atomic mass is 16.3. The Bertz CT molecular complexity index is 298. The van der Waals surface area contributed by atoms with Crippen LogP contribution in [0.25, 0.3) is 0 Å². The van der Waals surface area contributed by atoms with Gasteiger partial charge in [0.1, 0.15) is 0 Å². The first-order valence-electron chi connectivity index (χ1n) is 9.08. The Labute approximate surface area is 131 Å². The van der Waals surface area contributed by atoms with Gasteiger partial charge in [0.05, 0.1) is 6.10 Å². The zero-order valence-electron chi connectivity index (χ0n) is 14.6. The first-order chi connectivity index (χ1) is 9.95. The molecule has 1 heterocycles. The monoisotopic (exact) mass is 296 g/mol. The molecule has 1 aliphatic carbocycles. The van der Waals surface area contributed by atoms with E-state index in [4.69, 9.17) is 0 Å². The molecule has 0 aromatic heterocycles. The molecule has 0 aromatic carbocycles. The second-order valence-electron chi connectivity index (χ2n) is 8.14. The van der Waals surface area contributed by atoms with Gasteiger partial charge in [0.15, 0.2) is 0 Å². The lowest BCUT2D eigenvalue weighted by molar-refractivity contribution is 0.00859.